The van der Waals surface area contributed by atoms with Crippen LogP contribution in [0.15, 0.2) is 70.1 Å². The molecule has 1 heterocycles. The summed E-state index contributed by atoms with van der Waals surface area (Å²) in [4.78, 5) is 12.0. The second-order valence-corrected chi connectivity index (χ2v) is 6.49. The fourth-order valence-electron chi connectivity index (χ4n) is 2.96. The largest absolute Gasteiger partial charge is 0.490 e. The number of hydrogen-bond donors (Lipinski definition) is 2. The highest BCUT2D eigenvalue weighted by molar-refractivity contribution is 5.94. The minimum atomic E-state index is -0.0523. The Hall–Kier alpha value is -3.54. The predicted molar refractivity (Wildman–Crippen MR) is 114 cm³/mol. The third-order valence-electron chi connectivity index (χ3n) is 4.40. The van der Waals surface area contributed by atoms with Gasteiger partial charge >= 0.3 is 0 Å². The van der Waals surface area contributed by atoms with Gasteiger partial charge in [-0.15, -0.1) is 0 Å². The summed E-state index contributed by atoms with van der Waals surface area (Å²) in [6.07, 6.45) is 6.86. The number of rotatable bonds is 9. The van der Waals surface area contributed by atoms with Crippen molar-refractivity contribution < 1.29 is 13.9 Å². The number of hydrogen-bond acceptors (Lipinski definition) is 5. The van der Waals surface area contributed by atoms with E-state index in [4.69, 9.17) is 25.0 Å². The molecule has 0 atom stereocenters. The Bertz CT molecular complexity index is 1070. The Kier molecular flexibility index (Phi) is 6.68. The molecule has 0 fully saturated rings. The number of benzene rings is 2. The number of nitrogens with one attached hydrogen (secondary N) is 1. The molecule has 3 rings (SSSR count). The molecule has 3 N–H and O–H groups in total. The van der Waals surface area contributed by atoms with Gasteiger partial charge in [-0.05, 0) is 55.0 Å². The number of amidine groups is 1. The van der Waals surface area contributed by atoms with E-state index in [-0.39, 0.29) is 11.3 Å². The Balaban J connectivity index is 1.58. The monoisotopic (exact) mass is 392 g/mol. The highest BCUT2D eigenvalue weighted by Crippen LogP contribution is 2.28. The van der Waals surface area contributed by atoms with Crippen LogP contribution in [0, 0.1) is 5.41 Å². The lowest BCUT2D eigenvalue weighted by molar-refractivity contribution is 0.348. The zero-order valence-electron chi connectivity index (χ0n) is 16.3. The Morgan fingerprint density at radius 2 is 1.79 bits per heavy atom. The van der Waals surface area contributed by atoms with Crippen LogP contribution in [0.5, 0.6) is 11.5 Å². The summed E-state index contributed by atoms with van der Waals surface area (Å²) >= 11 is 0. The molecule has 2 aromatic carbocycles. The van der Waals surface area contributed by atoms with Crippen LogP contribution < -0.4 is 20.6 Å². The van der Waals surface area contributed by atoms with Crippen LogP contribution in [0.1, 0.15) is 24.5 Å². The lowest BCUT2D eigenvalue weighted by Gasteiger charge is -2.11. The Labute approximate surface area is 169 Å². The maximum Gasteiger partial charge on any atom is 0.192 e. The van der Waals surface area contributed by atoms with Crippen molar-refractivity contribution in [1.29, 1.82) is 5.41 Å². The van der Waals surface area contributed by atoms with Gasteiger partial charge in [-0.1, -0.05) is 13.3 Å². The standard InChI is InChI=1S/C23H24N2O4/c1-2-5-19-21(11-10-18-20(26)12-15-29-22(18)19)28-14-4-3-13-27-17-8-6-16(7-9-17)23(24)25/h3-4,6-12,15H,2,5,13-14H2,1H3,(H3,24,25)/b4-3+. The van der Waals surface area contributed by atoms with Crippen molar-refractivity contribution in [3.8, 4) is 11.5 Å². The quantitative estimate of drug-likeness (QED) is 0.325. The lowest BCUT2D eigenvalue weighted by Crippen LogP contribution is -2.10. The van der Waals surface area contributed by atoms with E-state index in [1.807, 2.05) is 18.2 Å². The highest BCUT2D eigenvalue weighted by Gasteiger charge is 2.12. The maximum absolute atomic E-state index is 12.0. The van der Waals surface area contributed by atoms with Crippen molar-refractivity contribution >= 4 is 16.8 Å². The summed E-state index contributed by atoms with van der Waals surface area (Å²) < 4.78 is 17.1. The van der Waals surface area contributed by atoms with Crippen molar-refractivity contribution in [1.82, 2.24) is 0 Å². The van der Waals surface area contributed by atoms with E-state index < -0.39 is 0 Å². The van der Waals surface area contributed by atoms with Gasteiger partial charge in [0.2, 0.25) is 0 Å². The summed E-state index contributed by atoms with van der Waals surface area (Å²) in [6, 6.07) is 12.0. The van der Waals surface area contributed by atoms with Gasteiger partial charge in [0.05, 0.1) is 11.6 Å². The number of nitrogens with two attached hydrogens (primary N) is 1. The van der Waals surface area contributed by atoms with E-state index in [2.05, 4.69) is 6.92 Å². The van der Waals surface area contributed by atoms with E-state index in [0.717, 1.165) is 24.2 Å². The first-order valence-electron chi connectivity index (χ1n) is 9.48. The molecule has 0 saturated carbocycles. The van der Waals surface area contributed by atoms with E-state index in [9.17, 15) is 4.79 Å². The molecule has 6 nitrogen and oxygen atoms in total. The first-order valence-corrected chi connectivity index (χ1v) is 9.48. The van der Waals surface area contributed by atoms with Crippen molar-refractivity contribution in [3.63, 3.8) is 0 Å². The zero-order chi connectivity index (χ0) is 20.6. The molecular formula is C23H24N2O4. The Morgan fingerprint density at radius 1 is 1.07 bits per heavy atom. The number of aryl methyl sites for hydroxylation is 1. The molecule has 1 aromatic heterocycles. The van der Waals surface area contributed by atoms with Crippen molar-refractivity contribution in [2.75, 3.05) is 13.2 Å². The smallest absolute Gasteiger partial charge is 0.192 e. The number of fused-ring (bicyclic) bond motifs is 1. The van der Waals surface area contributed by atoms with Gasteiger partial charge < -0.3 is 19.6 Å². The number of nitrogen functional groups attached to an aromatic ring is 1. The first-order chi connectivity index (χ1) is 14.1. The Morgan fingerprint density at radius 3 is 2.48 bits per heavy atom. The predicted octanol–water partition coefficient (Wildman–Crippen LogP) is 4.04. The van der Waals surface area contributed by atoms with E-state index >= 15 is 0 Å². The molecule has 0 amide bonds. The molecule has 150 valence electrons. The van der Waals surface area contributed by atoms with E-state index in [0.29, 0.717) is 35.5 Å². The molecule has 0 radical (unpaired) electrons. The van der Waals surface area contributed by atoms with Gasteiger partial charge in [0, 0.05) is 17.2 Å². The van der Waals surface area contributed by atoms with Crippen molar-refractivity contribution in [2.24, 2.45) is 5.73 Å². The average Bonchev–Trinajstić information content (AvgIpc) is 2.72. The van der Waals surface area contributed by atoms with Gasteiger partial charge in [0.25, 0.3) is 0 Å². The molecule has 0 aliphatic carbocycles. The second-order valence-electron chi connectivity index (χ2n) is 6.49. The highest BCUT2D eigenvalue weighted by atomic mass is 16.5. The summed E-state index contributed by atoms with van der Waals surface area (Å²) in [5, 5.41) is 7.95. The fraction of sp³-hybridized carbons (Fsp3) is 0.217. The summed E-state index contributed by atoms with van der Waals surface area (Å²) in [5.74, 6) is 1.46. The molecule has 6 heteroatoms. The third kappa shape index (κ3) is 5.04. The zero-order valence-corrected chi connectivity index (χ0v) is 16.3. The average molecular weight is 392 g/mol. The van der Waals surface area contributed by atoms with Crippen molar-refractivity contribution in [2.45, 2.75) is 19.8 Å². The van der Waals surface area contributed by atoms with Gasteiger partial charge in [0.1, 0.15) is 36.1 Å². The minimum Gasteiger partial charge on any atom is -0.490 e. The lowest BCUT2D eigenvalue weighted by atomic mass is 10.1. The van der Waals surface area contributed by atoms with Crippen molar-refractivity contribution in [3.05, 3.63) is 82.2 Å². The van der Waals surface area contributed by atoms with Crippen LogP contribution >= 0.6 is 0 Å². The fourth-order valence-corrected chi connectivity index (χ4v) is 2.96. The minimum absolute atomic E-state index is 0.0315. The molecule has 0 spiro atoms. The van der Waals surface area contributed by atoms with Gasteiger partial charge in [0.15, 0.2) is 5.43 Å². The van der Waals surface area contributed by atoms with E-state index in [1.54, 1.807) is 30.3 Å². The molecule has 3 aromatic rings. The second kappa shape index (κ2) is 9.59. The van der Waals surface area contributed by atoms with E-state index in [1.165, 1.54) is 12.3 Å². The topological polar surface area (TPSA) is 98.5 Å². The summed E-state index contributed by atoms with van der Waals surface area (Å²) in [6.45, 7) is 2.85. The van der Waals surface area contributed by atoms with Gasteiger partial charge in [-0.2, -0.15) is 0 Å². The van der Waals surface area contributed by atoms with Gasteiger partial charge in [-0.3, -0.25) is 10.2 Å². The molecule has 0 aliphatic rings. The summed E-state index contributed by atoms with van der Waals surface area (Å²) in [5.41, 5.74) is 7.55. The summed E-state index contributed by atoms with van der Waals surface area (Å²) in [7, 11) is 0. The molecule has 0 saturated heterocycles. The van der Waals surface area contributed by atoms with Crippen LogP contribution in [0.4, 0.5) is 0 Å². The molecule has 0 bridgehead atoms. The normalized spacial score (nSPS) is 11.1. The van der Waals surface area contributed by atoms with Crippen LogP contribution in [0.25, 0.3) is 11.0 Å². The van der Waals surface area contributed by atoms with Gasteiger partial charge in [-0.25, -0.2) is 0 Å². The van der Waals surface area contributed by atoms with Crippen LogP contribution in [0.2, 0.25) is 0 Å². The SMILES string of the molecule is CCCc1c(OC/C=C/COc2ccc(C(=N)N)cc2)ccc2c(=O)ccoc12. The van der Waals surface area contributed by atoms with Crippen LogP contribution in [-0.2, 0) is 6.42 Å². The third-order valence-corrected chi connectivity index (χ3v) is 4.40. The number of ether oxygens (including phenoxy) is 2. The first kappa shape index (κ1) is 20.2. The van der Waals surface area contributed by atoms with Crippen LogP contribution in [0.3, 0.4) is 0 Å². The maximum atomic E-state index is 12.0. The molecule has 0 unspecified atom stereocenters. The molecule has 29 heavy (non-hydrogen) atoms. The molecule has 0 aliphatic heterocycles. The van der Waals surface area contributed by atoms with Crippen LogP contribution in [-0.4, -0.2) is 19.0 Å². The molecular weight excluding hydrogens is 368 g/mol.